The highest BCUT2D eigenvalue weighted by Gasteiger charge is 2.46. The van der Waals surface area contributed by atoms with Crippen LogP contribution < -0.4 is 0 Å². The van der Waals surface area contributed by atoms with Gasteiger partial charge in [0.25, 0.3) is 0 Å². The fraction of sp³-hybridized carbons (Fsp3) is 0.917. The molecule has 0 radical (unpaired) electrons. The van der Waals surface area contributed by atoms with Crippen molar-refractivity contribution in [3.8, 4) is 0 Å². The minimum absolute atomic E-state index is 0.172. The molecule has 2 aliphatic carbocycles. The molecule has 2 saturated carbocycles. The molecule has 0 aromatic carbocycles. The van der Waals surface area contributed by atoms with Crippen molar-refractivity contribution in [3.05, 3.63) is 0 Å². The summed E-state index contributed by atoms with van der Waals surface area (Å²) in [6.07, 6.45) is 7.32. The summed E-state index contributed by atoms with van der Waals surface area (Å²) in [6.45, 7) is 1.02. The standard InChI is InChI=1S/C12H19NO2/c14-12(15)10-2-1-5-13(10)11-7-8-3-4-9(11)6-8/h8-11H,1-7H2,(H,14,15). The average molecular weight is 209 g/mol. The number of hydrogen-bond donors (Lipinski definition) is 1. The molecule has 3 aliphatic rings. The quantitative estimate of drug-likeness (QED) is 0.753. The van der Waals surface area contributed by atoms with E-state index in [1.165, 1.54) is 25.7 Å². The number of hydrogen-bond acceptors (Lipinski definition) is 2. The zero-order valence-corrected chi connectivity index (χ0v) is 9.06. The maximum absolute atomic E-state index is 11.1. The Morgan fingerprint density at radius 3 is 2.67 bits per heavy atom. The highest BCUT2D eigenvalue weighted by Crippen LogP contribution is 2.47. The number of rotatable bonds is 2. The topological polar surface area (TPSA) is 40.5 Å². The van der Waals surface area contributed by atoms with Crippen LogP contribution >= 0.6 is 0 Å². The molecule has 15 heavy (non-hydrogen) atoms. The molecule has 1 saturated heterocycles. The molecule has 0 aromatic rings. The second kappa shape index (κ2) is 3.48. The van der Waals surface area contributed by atoms with Crippen molar-refractivity contribution in [2.24, 2.45) is 11.8 Å². The van der Waals surface area contributed by atoms with Crippen molar-refractivity contribution >= 4 is 5.97 Å². The van der Waals surface area contributed by atoms with Gasteiger partial charge in [-0.15, -0.1) is 0 Å². The van der Waals surface area contributed by atoms with Crippen LogP contribution in [-0.2, 0) is 4.79 Å². The molecule has 1 aliphatic heterocycles. The normalized spacial score (nSPS) is 45.1. The summed E-state index contributed by atoms with van der Waals surface area (Å²) >= 11 is 0. The lowest BCUT2D eigenvalue weighted by Gasteiger charge is -2.34. The van der Waals surface area contributed by atoms with E-state index in [1.54, 1.807) is 0 Å². The third kappa shape index (κ3) is 1.48. The van der Waals surface area contributed by atoms with Crippen molar-refractivity contribution in [3.63, 3.8) is 0 Å². The average Bonchev–Trinajstić information content (AvgIpc) is 2.92. The largest absolute Gasteiger partial charge is 0.480 e. The van der Waals surface area contributed by atoms with Crippen LogP contribution in [0, 0.1) is 11.8 Å². The number of likely N-dealkylation sites (tertiary alicyclic amines) is 1. The van der Waals surface area contributed by atoms with Crippen molar-refractivity contribution in [1.82, 2.24) is 4.90 Å². The summed E-state index contributed by atoms with van der Waals surface area (Å²) in [5.41, 5.74) is 0. The summed E-state index contributed by atoms with van der Waals surface area (Å²) in [4.78, 5) is 13.4. The Morgan fingerprint density at radius 2 is 2.07 bits per heavy atom. The third-order valence-corrected chi connectivity index (χ3v) is 4.71. The lowest BCUT2D eigenvalue weighted by Crippen LogP contribution is -2.45. The maximum Gasteiger partial charge on any atom is 0.320 e. The van der Waals surface area contributed by atoms with Crippen LogP contribution in [0.5, 0.6) is 0 Å². The van der Waals surface area contributed by atoms with E-state index in [2.05, 4.69) is 4.90 Å². The van der Waals surface area contributed by atoms with Crippen LogP contribution in [-0.4, -0.2) is 34.6 Å². The molecule has 3 fully saturated rings. The van der Waals surface area contributed by atoms with Crippen LogP contribution in [0.1, 0.15) is 38.5 Å². The molecule has 4 unspecified atom stereocenters. The minimum Gasteiger partial charge on any atom is -0.480 e. The van der Waals surface area contributed by atoms with E-state index in [4.69, 9.17) is 0 Å². The number of carboxylic acids is 1. The van der Waals surface area contributed by atoms with E-state index in [0.717, 1.165) is 31.2 Å². The Labute approximate surface area is 90.5 Å². The number of fused-ring (bicyclic) bond motifs is 2. The summed E-state index contributed by atoms with van der Waals surface area (Å²) < 4.78 is 0. The Morgan fingerprint density at radius 1 is 1.20 bits per heavy atom. The van der Waals surface area contributed by atoms with Gasteiger partial charge in [-0.3, -0.25) is 9.69 Å². The molecule has 3 nitrogen and oxygen atoms in total. The van der Waals surface area contributed by atoms with Crippen molar-refractivity contribution in [2.45, 2.75) is 50.6 Å². The first kappa shape index (κ1) is 9.64. The molecular formula is C12H19NO2. The fourth-order valence-corrected chi connectivity index (χ4v) is 4.07. The van der Waals surface area contributed by atoms with Crippen LogP contribution in [0.3, 0.4) is 0 Å². The molecule has 4 atom stereocenters. The Balaban J connectivity index is 1.74. The van der Waals surface area contributed by atoms with Gasteiger partial charge in [0.2, 0.25) is 0 Å². The van der Waals surface area contributed by atoms with Gasteiger partial charge in [-0.25, -0.2) is 0 Å². The summed E-state index contributed by atoms with van der Waals surface area (Å²) in [5.74, 6) is 1.13. The van der Waals surface area contributed by atoms with E-state index < -0.39 is 5.97 Å². The van der Waals surface area contributed by atoms with Crippen LogP contribution in [0.2, 0.25) is 0 Å². The lowest BCUT2D eigenvalue weighted by molar-refractivity contribution is -0.143. The number of nitrogens with zero attached hydrogens (tertiary/aromatic N) is 1. The Hall–Kier alpha value is -0.570. The number of carbonyl (C=O) groups is 1. The van der Waals surface area contributed by atoms with Crippen LogP contribution in [0.25, 0.3) is 0 Å². The third-order valence-electron chi connectivity index (χ3n) is 4.71. The second-order valence-electron chi connectivity index (χ2n) is 5.48. The molecule has 1 N–H and O–H groups in total. The molecular weight excluding hydrogens is 190 g/mol. The van der Waals surface area contributed by atoms with E-state index in [1.807, 2.05) is 0 Å². The van der Waals surface area contributed by atoms with E-state index in [0.29, 0.717) is 6.04 Å². The molecule has 2 bridgehead atoms. The highest BCUT2D eigenvalue weighted by molar-refractivity contribution is 5.73. The van der Waals surface area contributed by atoms with Gasteiger partial charge in [-0.2, -0.15) is 0 Å². The maximum atomic E-state index is 11.1. The van der Waals surface area contributed by atoms with Gasteiger partial charge < -0.3 is 5.11 Å². The lowest BCUT2D eigenvalue weighted by atomic mass is 9.93. The van der Waals surface area contributed by atoms with E-state index in [9.17, 15) is 9.90 Å². The molecule has 3 heteroatoms. The first-order valence-corrected chi connectivity index (χ1v) is 6.24. The van der Waals surface area contributed by atoms with Gasteiger partial charge in [0.15, 0.2) is 0 Å². The predicted octanol–water partition coefficient (Wildman–Crippen LogP) is 1.72. The fourth-order valence-electron chi connectivity index (χ4n) is 4.07. The van der Waals surface area contributed by atoms with Gasteiger partial charge in [0.1, 0.15) is 6.04 Å². The van der Waals surface area contributed by atoms with Gasteiger partial charge in [0, 0.05) is 6.04 Å². The van der Waals surface area contributed by atoms with Gasteiger partial charge in [-0.05, 0) is 50.5 Å². The second-order valence-corrected chi connectivity index (χ2v) is 5.48. The van der Waals surface area contributed by atoms with Crippen LogP contribution in [0.15, 0.2) is 0 Å². The zero-order chi connectivity index (χ0) is 10.4. The molecule has 3 rings (SSSR count). The first-order valence-electron chi connectivity index (χ1n) is 6.24. The van der Waals surface area contributed by atoms with Crippen molar-refractivity contribution in [2.75, 3.05) is 6.54 Å². The molecule has 0 aromatic heterocycles. The summed E-state index contributed by atoms with van der Waals surface area (Å²) in [7, 11) is 0. The Bertz CT molecular complexity index is 279. The monoisotopic (exact) mass is 209 g/mol. The highest BCUT2D eigenvalue weighted by atomic mass is 16.4. The predicted molar refractivity (Wildman–Crippen MR) is 56.6 cm³/mol. The molecule has 0 spiro atoms. The van der Waals surface area contributed by atoms with Gasteiger partial charge >= 0.3 is 5.97 Å². The van der Waals surface area contributed by atoms with Gasteiger partial charge in [0.05, 0.1) is 0 Å². The van der Waals surface area contributed by atoms with Crippen molar-refractivity contribution < 1.29 is 9.90 Å². The zero-order valence-electron chi connectivity index (χ0n) is 9.06. The van der Waals surface area contributed by atoms with Gasteiger partial charge in [-0.1, -0.05) is 6.42 Å². The SMILES string of the molecule is O=C(O)C1CCCN1C1CC2CCC1C2. The number of carboxylic acid groups (broad SMARTS) is 1. The van der Waals surface area contributed by atoms with E-state index >= 15 is 0 Å². The first-order chi connectivity index (χ1) is 7.25. The molecule has 1 heterocycles. The molecule has 84 valence electrons. The number of aliphatic carboxylic acids is 1. The minimum atomic E-state index is -0.602. The van der Waals surface area contributed by atoms with Crippen molar-refractivity contribution in [1.29, 1.82) is 0 Å². The summed E-state index contributed by atoms with van der Waals surface area (Å²) in [6, 6.07) is 0.432. The van der Waals surface area contributed by atoms with Crippen LogP contribution in [0.4, 0.5) is 0 Å². The van der Waals surface area contributed by atoms with E-state index in [-0.39, 0.29) is 6.04 Å². The molecule has 0 amide bonds. The Kier molecular flexibility index (Phi) is 2.23. The smallest absolute Gasteiger partial charge is 0.320 e. The summed E-state index contributed by atoms with van der Waals surface area (Å²) in [5, 5.41) is 9.17.